The highest BCUT2D eigenvalue weighted by atomic mass is 32.2. The summed E-state index contributed by atoms with van der Waals surface area (Å²) in [7, 11) is -1.29. The molecule has 2 aromatic heterocycles. The lowest BCUT2D eigenvalue weighted by Crippen LogP contribution is -2.37. The molecule has 39 heavy (non-hydrogen) atoms. The Labute approximate surface area is 233 Å². The minimum atomic E-state index is -1.29. The predicted octanol–water partition coefficient (Wildman–Crippen LogP) is 3.83. The maximum Gasteiger partial charge on any atom is 0.311 e. The number of carbonyl (C=O) groups is 2. The molecule has 1 unspecified atom stereocenters. The van der Waals surface area contributed by atoms with Gasteiger partial charge in [0.1, 0.15) is 16.7 Å². The van der Waals surface area contributed by atoms with Crippen LogP contribution in [0.25, 0.3) is 0 Å². The van der Waals surface area contributed by atoms with Gasteiger partial charge < -0.3 is 18.9 Å². The molecule has 1 N–H and O–H groups in total. The zero-order chi connectivity index (χ0) is 27.8. The SMILES string of the molecule is CCOC(=O)Cc1csc(NC(=O)c2cc(Oc3ccc(S(=O)N4CCOCC4)cc3)nc(OC(C)C)c2)n1. The molecule has 1 aliphatic rings. The number of anilines is 1. The van der Waals surface area contributed by atoms with Crippen LogP contribution in [0.15, 0.2) is 46.7 Å². The van der Waals surface area contributed by atoms with Gasteiger partial charge in [0, 0.05) is 30.6 Å². The van der Waals surface area contributed by atoms with Crippen LogP contribution in [0.2, 0.25) is 0 Å². The number of amides is 1. The van der Waals surface area contributed by atoms with E-state index < -0.39 is 16.9 Å². The molecule has 1 fully saturated rings. The number of pyridine rings is 1. The maximum absolute atomic E-state index is 13.0. The van der Waals surface area contributed by atoms with E-state index in [9.17, 15) is 13.8 Å². The number of thiazole rings is 1. The van der Waals surface area contributed by atoms with Crippen LogP contribution in [-0.2, 0) is 31.7 Å². The molecule has 3 heterocycles. The van der Waals surface area contributed by atoms with Crippen molar-refractivity contribution in [2.75, 3.05) is 38.2 Å². The van der Waals surface area contributed by atoms with Crippen LogP contribution >= 0.6 is 11.3 Å². The maximum atomic E-state index is 13.0. The van der Waals surface area contributed by atoms with E-state index in [1.54, 1.807) is 36.6 Å². The van der Waals surface area contributed by atoms with Gasteiger partial charge in [0.2, 0.25) is 11.8 Å². The number of nitrogens with zero attached hydrogens (tertiary/aromatic N) is 3. The van der Waals surface area contributed by atoms with Crippen LogP contribution in [0.4, 0.5) is 5.13 Å². The first-order valence-corrected chi connectivity index (χ1v) is 14.4. The number of benzene rings is 1. The number of aromatic nitrogens is 2. The minimum absolute atomic E-state index is 0.0264. The first kappa shape index (κ1) is 28.6. The molecule has 0 aliphatic carbocycles. The summed E-state index contributed by atoms with van der Waals surface area (Å²) in [5.74, 6) is 0.0146. The van der Waals surface area contributed by atoms with Gasteiger partial charge in [-0.25, -0.2) is 13.5 Å². The number of morpholine rings is 1. The topological polar surface area (TPSA) is 129 Å². The average Bonchev–Trinajstić information content (AvgIpc) is 3.35. The number of rotatable bonds is 11. The van der Waals surface area contributed by atoms with Crippen molar-refractivity contribution in [2.45, 2.75) is 38.2 Å². The van der Waals surface area contributed by atoms with Crippen molar-refractivity contribution in [2.24, 2.45) is 0 Å². The van der Waals surface area contributed by atoms with Gasteiger partial charge in [-0.15, -0.1) is 11.3 Å². The molecule has 0 spiro atoms. The third kappa shape index (κ3) is 8.30. The van der Waals surface area contributed by atoms with E-state index >= 15 is 0 Å². The number of hydrogen-bond donors (Lipinski definition) is 1. The van der Waals surface area contributed by atoms with Crippen molar-refractivity contribution in [3.8, 4) is 17.5 Å². The van der Waals surface area contributed by atoms with Crippen molar-refractivity contribution < 1.29 is 32.7 Å². The molecule has 1 saturated heterocycles. The average molecular weight is 575 g/mol. The Bertz CT molecular complexity index is 1310. The molecule has 13 heteroatoms. The van der Waals surface area contributed by atoms with Gasteiger partial charge in [-0.05, 0) is 45.0 Å². The molecule has 1 aliphatic heterocycles. The van der Waals surface area contributed by atoms with Crippen LogP contribution in [0.1, 0.15) is 36.8 Å². The fourth-order valence-electron chi connectivity index (χ4n) is 3.55. The van der Waals surface area contributed by atoms with Crippen LogP contribution < -0.4 is 14.8 Å². The first-order chi connectivity index (χ1) is 18.8. The molecule has 1 atom stereocenters. The monoisotopic (exact) mass is 574 g/mol. The van der Waals surface area contributed by atoms with Crippen molar-refractivity contribution in [3.05, 3.63) is 53.0 Å². The minimum Gasteiger partial charge on any atom is -0.475 e. The van der Waals surface area contributed by atoms with Crippen molar-refractivity contribution >= 4 is 39.3 Å². The van der Waals surface area contributed by atoms with Gasteiger partial charge >= 0.3 is 5.97 Å². The molecule has 1 aromatic carbocycles. The summed E-state index contributed by atoms with van der Waals surface area (Å²) < 4.78 is 36.6. The lowest BCUT2D eigenvalue weighted by molar-refractivity contribution is -0.142. The first-order valence-electron chi connectivity index (χ1n) is 12.4. The normalized spacial score (nSPS) is 14.6. The second-order valence-electron chi connectivity index (χ2n) is 8.64. The molecule has 0 bridgehead atoms. The molecule has 0 radical (unpaired) electrons. The summed E-state index contributed by atoms with van der Waals surface area (Å²) in [5, 5.41) is 4.77. The molecule has 11 nitrogen and oxygen atoms in total. The van der Waals surface area contributed by atoms with Crippen molar-refractivity contribution in [3.63, 3.8) is 0 Å². The Morgan fingerprint density at radius 3 is 2.54 bits per heavy atom. The van der Waals surface area contributed by atoms with E-state index in [4.69, 9.17) is 18.9 Å². The zero-order valence-corrected chi connectivity index (χ0v) is 23.5. The Morgan fingerprint density at radius 2 is 1.85 bits per heavy atom. The van der Waals surface area contributed by atoms with E-state index in [1.807, 2.05) is 18.2 Å². The lowest BCUT2D eigenvalue weighted by atomic mass is 10.2. The zero-order valence-electron chi connectivity index (χ0n) is 21.9. The number of nitrogens with one attached hydrogen (secondary N) is 1. The van der Waals surface area contributed by atoms with Crippen molar-refractivity contribution in [1.82, 2.24) is 14.3 Å². The smallest absolute Gasteiger partial charge is 0.311 e. The summed E-state index contributed by atoms with van der Waals surface area (Å²) in [6.07, 6.45) is -0.152. The summed E-state index contributed by atoms with van der Waals surface area (Å²) in [4.78, 5) is 34.1. The second-order valence-corrected chi connectivity index (χ2v) is 11.0. The van der Waals surface area contributed by atoms with E-state index in [0.29, 0.717) is 47.8 Å². The lowest BCUT2D eigenvalue weighted by Gasteiger charge is -2.25. The highest BCUT2D eigenvalue weighted by Gasteiger charge is 2.19. The molecule has 208 valence electrons. The van der Waals surface area contributed by atoms with Gasteiger partial charge in [0.25, 0.3) is 5.91 Å². The van der Waals surface area contributed by atoms with Gasteiger partial charge in [0.15, 0.2) is 5.13 Å². The number of esters is 1. The Hall–Kier alpha value is -3.39. The molecule has 1 amide bonds. The highest BCUT2D eigenvalue weighted by molar-refractivity contribution is 7.82. The summed E-state index contributed by atoms with van der Waals surface area (Å²) in [6.45, 7) is 8.05. The second kappa shape index (κ2) is 13.6. The Morgan fingerprint density at radius 1 is 1.13 bits per heavy atom. The number of carbonyl (C=O) groups excluding carboxylic acids is 2. The Balaban J connectivity index is 1.47. The van der Waals surface area contributed by atoms with Crippen LogP contribution in [0, 0.1) is 0 Å². The van der Waals surface area contributed by atoms with Gasteiger partial charge in [-0.2, -0.15) is 4.98 Å². The van der Waals surface area contributed by atoms with E-state index in [2.05, 4.69) is 15.3 Å². The van der Waals surface area contributed by atoms with Gasteiger partial charge in [0.05, 0.1) is 48.5 Å². The van der Waals surface area contributed by atoms with Crippen LogP contribution in [0.3, 0.4) is 0 Å². The molecule has 0 saturated carbocycles. The quantitative estimate of drug-likeness (QED) is 0.340. The van der Waals surface area contributed by atoms with E-state index in [0.717, 1.165) is 0 Å². The van der Waals surface area contributed by atoms with Gasteiger partial charge in [-0.1, -0.05) is 0 Å². The summed E-state index contributed by atoms with van der Waals surface area (Å²) in [6, 6.07) is 9.88. The van der Waals surface area contributed by atoms with Crippen LogP contribution in [0.5, 0.6) is 17.5 Å². The van der Waals surface area contributed by atoms with Crippen LogP contribution in [-0.4, -0.2) is 69.4 Å². The Kier molecular flexibility index (Phi) is 9.98. The number of ether oxygens (including phenoxy) is 4. The standard InChI is InChI=1S/C26H30N4O7S2/c1-4-35-24(31)15-19-16-38-26(27-19)29-25(32)18-13-22(36-17(2)3)28-23(14-18)37-20-5-7-21(8-6-20)39(33)30-9-11-34-12-10-30/h5-8,13-14,16-17H,4,9-12,15H2,1-3H3,(H,27,29,32). The molecule has 3 aromatic rings. The third-order valence-electron chi connectivity index (χ3n) is 5.25. The van der Waals surface area contributed by atoms with Gasteiger partial charge in [-0.3, -0.25) is 14.9 Å². The molecular formula is C26H30N4O7S2. The predicted molar refractivity (Wildman–Crippen MR) is 146 cm³/mol. The van der Waals surface area contributed by atoms with Crippen molar-refractivity contribution in [1.29, 1.82) is 0 Å². The number of hydrogen-bond acceptors (Lipinski definition) is 10. The largest absolute Gasteiger partial charge is 0.475 e. The third-order valence-corrected chi connectivity index (χ3v) is 7.57. The highest BCUT2D eigenvalue weighted by Crippen LogP contribution is 2.27. The fraction of sp³-hybridized carbons (Fsp3) is 0.385. The molecular weight excluding hydrogens is 544 g/mol. The fourth-order valence-corrected chi connectivity index (χ4v) is 5.40. The summed E-state index contributed by atoms with van der Waals surface area (Å²) in [5.41, 5.74) is 0.761. The summed E-state index contributed by atoms with van der Waals surface area (Å²) >= 11 is 1.20. The molecule has 4 rings (SSSR count). The van der Waals surface area contributed by atoms with E-state index in [-0.39, 0.29) is 42.4 Å². The van der Waals surface area contributed by atoms with E-state index in [1.165, 1.54) is 23.5 Å².